The molecule has 0 bridgehead atoms. The molecule has 0 aliphatic carbocycles. The first kappa shape index (κ1) is 14.7. The number of primary amides is 1. The molecule has 2 N–H and O–H groups in total. The first-order valence-corrected chi connectivity index (χ1v) is 6.66. The van der Waals surface area contributed by atoms with Crippen LogP contribution < -0.4 is 5.73 Å². The van der Waals surface area contributed by atoms with Crippen molar-refractivity contribution in [2.75, 3.05) is 20.1 Å². The first-order valence-electron chi connectivity index (χ1n) is 6.66. The van der Waals surface area contributed by atoms with Gasteiger partial charge in [-0.3, -0.25) is 0 Å². The van der Waals surface area contributed by atoms with Crippen molar-refractivity contribution < 1.29 is 13.6 Å². The number of carbonyl (C=O) groups is 1. The molecule has 110 valence electrons. The molecule has 1 fully saturated rings. The zero-order chi connectivity index (χ0) is 14.7. The van der Waals surface area contributed by atoms with Crippen LogP contribution in [0.25, 0.3) is 0 Å². The lowest BCUT2D eigenvalue weighted by Gasteiger charge is -2.36. The summed E-state index contributed by atoms with van der Waals surface area (Å²) in [5.41, 5.74) is 5.69. The van der Waals surface area contributed by atoms with Crippen LogP contribution >= 0.6 is 0 Å². The maximum Gasteiger partial charge on any atom is 0.315 e. The molecule has 0 spiro atoms. The number of nitrogens with two attached hydrogens (primary N) is 1. The minimum absolute atomic E-state index is 0.00755. The van der Waals surface area contributed by atoms with Crippen LogP contribution in [0.2, 0.25) is 0 Å². The van der Waals surface area contributed by atoms with Crippen LogP contribution in [0, 0.1) is 11.6 Å². The smallest absolute Gasteiger partial charge is 0.315 e. The Hall–Kier alpha value is -1.69. The molecule has 0 atom stereocenters. The summed E-state index contributed by atoms with van der Waals surface area (Å²) in [6.45, 7) is 1.83. The number of likely N-dealkylation sites (tertiary alicyclic amines) is 1. The molecule has 0 aromatic heterocycles. The highest BCUT2D eigenvalue weighted by atomic mass is 19.1. The molecular formula is C14H19F2N3O. The van der Waals surface area contributed by atoms with Crippen LogP contribution in [0.15, 0.2) is 18.2 Å². The molecule has 0 radical (unpaired) electrons. The standard InChI is InChI=1S/C14H19F2N3O/c1-18-6-4-12(5-7-18)19(14(17)20)9-10-2-3-11(15)8-13(10)16/h2-3,8,12H,4-7,9H2,1H3,(H2,17,20). The summed E-state index contributed by atoms with van der Waals surface area (Å²) in [6, 6.07) is 2.81. The Kier molecular flexibility index (Phi) is 4.54. The van der Waals surface area contributed by atoms with E-state index in [0.717, 1.165) is 32.0 Å². The summed E-state index contributed by atoms with van der Waals surface area (Å²) in [7, 11) is 2.02. The van der Waals surface area contributed by atoms with E-state index in [1.165, 1.54) is 17.0 Å². The number of piperidine rings is 1. The van der Waals surface area contributed by atoms with Gasteiger partial charge >= 0.3 is 6.03 Å². The van der Waals surface area contributed by atoms with Crippen molar-refractivity contribution in [1.82, 2.24) is 9.80 Å². The molecule has 1 heterocycles. The van der Waals surface area contributed by atoms with Crippen molar-refractivity contribution >= 4 is 6.03 Å². The predicted octanol–water partition coefficient (Wildman–Crippen LogP) is 1.94. The fourth-order valence-electron chi connectivity index (χ4n) is 2.53. The highest BCUT2D eigenvalue weighted by Crippen LogP contribution is 2.19. The second kappa shape index (κ2) is 6.17. The highest BCUT2D eigenvalue weighted by molar-refractivity contribution is 5.72. The zero-order valence-corrected chi connectivity index (χ0v) is 11.5. The number of hydrogen-bond acceptors (Lipinski definition) is 2. The van der Waals surface area contributed by atoms with Gasteiger partial charge in [0.25, 0.3) is 0 Å². The second-order valence-corrected chi connectivity index (χ2v) is 5.24. The van der Waals surface area contributed by atoms with Gasteiger partial charge in [0.2, 0.25) is 0 Å². The lowest BCUT2D eigenvalue weighted by Crippen LogP contribution is -2.48. The molecule has 2 amide bonds. The van der Waals surface area contributed by atoms with Crippen LogP contribution in [0.4, 0.5) is 13.6 Å². The molecule has 1 aliphatic rings. The van der Waals surface area contributed by atoms with Gasteiger partial charge in [0.05, 0.1) is 6.54 Å². The Morgan fingerprint density at radius 2 is 2.05 bits per heavy atom. The SMILES string of the molecule is CN1CCC(N(Cc2ccc(F)cc2F)C(N)=O)CC1. The molecule has 1 saturated heterocycles. The van der Waals surface area contributed by atoms with Crippen molar-refractivity contribution in [2.24, 2.45) is 5.73 Å². The third-order valence-electron chi connectivity index (χ3n) is 3.77. The summed E-state index contributed by atoms with van der Waals surface area (Å²) >= 11 is 0. The van der Waals surface area contributed by atoms with Crippen molar-refractivity contribution in [1.29, 1.82) is 0 Å². The average Bonchev–Trinajstić information content (AvgIpc) is 2.39. The Balaban J connectivity index is 2.11. The number of nitrogens with zero attached hydrogens (tertiary/aromatic N) is 2. The summed E-state index contributed by atoms with van der Waals surface area (Å²) in [6.07, 6.45) is 1.62. The number of hydrogen-bond donors (Lipinski definition) is 1. The Bertz CT molecular complexity index is 487. The van der Waals surface area contributed by atoms with E-state index >= 15 is 0 Å². The summed E-state index contributed by atoms with van der Waals surface area (Å²) in [4.78, 5) is 15.3. The lowest BCUT2D eigenvalue weighted by atomic mass is 10.0. The molecule has 1 aromatic carbocycles. The topological polar surface area (TPSA) is 49.6 Å². The van der Waals surface area contributed by atoms with Gasteiger partial charge in [0.15, 0.2) is 0 Å². The van der Waals surface area contributed by atoms with E-state index in [9.17, 15) is 13.6 Å². The molecule has 2 rings (SSSR count). The summed E-state index contributed by atoms with van der Waals surface area (Å²) < 4.78 is 26.6. The minimum Gasteiger partial charge on any atom is -0.351 e. The number of rotatable bonds is 3. The van der Waals surface area contributed by atoms with Crippen molar-refractivity contribution in [3.63, 3.8) is 0 Å². The van der Waals surface area contributed by atoms with Gasteiger partial charge in [0.1, 0.15) is 11.6 Å². The number of benzene rings is 1. The predicted molar refractivity (Wildman–Crippen MR) is 72.0 cm³/mol. The molecule has 4 nitrogen and oxygen atoms in total. The molecule has 6 heteroatoms. The fourth-order valence-corrected chi connectivity index (χ4v) is 2.53. The van der Waals surface area contributed by atoms with E-state index in [1.54, 1.807) is 0 Å². The van der Waals surface area contributed by atoms with Gasteiger partial charge < -0.3 is 15.5 Å². The van der Waals surface area contributed by atoms with Gasteiger partial charge in [0, 0.05) is 17.7 Å². The minimum atomic E-state index is -0.649. The molecule has 0 unspecified atom stereocenters. The number of amides is 2. The maximum atomic E-state index is 13.7. The van der Waals surface area contributed by atoms with Gasteiger partial charge in [-0.1, -0.05) is 6.07 Å². The van der Waals surface area contributed by atoms with Crippen LogP contribution in [0.5, 0.6) is 0 Å². The van der Waals surface area contributed by atoms with E-state index in [0.29, 0.717) is 0 Å². The van der Waals surface area contributed by atoms with Gasteiger partial charge in [-0.05, 0) is 39.0 Å². The third-order valence-corrected chi connectivity index (χ3v) is 3.77. The fraction of sp³-hybridized carbons (Fsp3) is 0.500. The van der Waals surface area contributed by atoms with E-state index in [2.05, 4.69) is 4.90 Å². The Morgan fingerprint density at radius 3 is 2.60 bits per heavy atom. The normalized spacial score (nSPS) is 17.1. The van der Waals surface area contributed by atoms with Crippen LogP contribution in [-0.2, 0) is 6.54 Å². The Labute approximate surface area is 117 Å². The summed E-state index contributed by atoms with van der Waals surface area (Å²) in [5.74, 6) is -1.28. The van der Waals surface area contributed by atoms with Crippen molar-refractivity contribution in [3.8, 4) is 0 Å². The van der Waals surface area contributed by atoms with Crippen molar-refractivity contribution in [2.45, 2.75) is 25.4 Å². The molecule has 1 aliphatic heterocycles. The van der Waals surface area contributed by atoms with Crippen LogP contribution in [0.3, 0.4) is 0 Å². The summed E-state index contributed by atoms with van der Waals surface area (Å²) in [5, 5.41) is 0. The Morgan fingerprint density at radius 1 is 1.40 bits per heavy atom. The number of halogens is 2. The first-order chi connectivity index (χ1) is 9.47. The largest absolute Gasteiger partial charge is 0.351 e. The monoisotopic (exact) mass is 283 g/mol. The number of urea groups is 1. The molecule has 0 saturated carbocycles. The maximum absolute atomic E-state index is 13.7. The van der Waals surface area contributed by atoms with E-state index in [4.69, 9.17) is 5.73 Å². The van der Waals surface area contributed by atoms with Crippen LogP contribution in [-0.4, -0.2) is 42.0 Å². The molecular weight excluding hydrogens is 264 g/mol. The quantitative estimate of drug-likeness (QED) is 0.921. The zero-order valence-electron chi connectivity index (χ0n) is 11.5. The van der Waals surface area contributed by atoms with E-state index in [1.807, 2.05) is 7.05 Å². The van der Waals surface area contributed by atoms with E-state index in [-0.39, 0.29) is 18.2 Å². The number of carbonyl (C=O) groups excluding carboxylic acids is 1. The van der Waals surface area contributed by atoms with E-state index < -0.39 is 17.7 Å². The van der Waals surface area contributed by atoms with Gasteiger partial charge in [-0.15, -0.1) is 0 Å². The van der Waals surface area contributed by atoms with Gasteiger partial charge in [-0.25, -0.2) is 13.6 Å². The molecule has 1 aromatic rings. The third kappa shape index (κ3) is 3.45. The highest BCUT2D eigenvalue weighted by Gasteiger charge is 2.26. The lowest BCUT2D eigenvalue weighted by molar-refractivity contribution is 0.132. The second-order valence-electron chi connectivity index (χ2n) is 5.24. The molecule has 20 heavy (non-hydrogen) atoms. The van der Waals surface area contributed by atoms with Gasteiger partial charge in [-0.2, -0.15) is 0 Å². The van der Waals surface area contributed by atoms with Crippen LogP contribution in [0.1, 0.15) is 18.4 Å². The average molecular weight is 283 g/mol. The van der Waals surface area contributed by atoms with Crippen molar-refractivity contribution in [3.05, 3.63) is 35.4 Å².